The Morgan fingerprint density at radius 1 is 1.26 bits per heavy atom. The second kappa shape index (κ2) is 5.26. The van der Waals surface area contributed by atoms with Gasteiger partial charge in [0.25, 0.3) is 0 Å². The summed E-state index contributed by atoms with van der Waals surface area (Å²) in [6.45, 7) is 6.00. The van der Waals surface area contributed by atoms with Gasteiger partial charge in [-0.25, -0.2) is 0 Å². The Hall–Kier alpha value is -0.860. The third kappa shape index (κ3) is 2.70. The number of nitrogens with one attached hydrogen (secondary N) is 1. The first-order chi connectivity index (χ1) is 9.17. The Balaban J connectivity index is 1.80. The van der Waals surface area contributed by atoms with E-state index in [2.05, 4.69) is 48.5 Å². The van der Waals surface area contributed by atoms with Crippen molar-refractivity contribution in [2.45, 2.75) is 44.1 Å². The van der Waals surface area contributed by atoms with E-state index in [1.165, 1.54) is 44.3 Å². The van der Waals surface area contributed by atoms with Gasteiger partial charge in [0.1, 0.15) is 0 Å². The first-order valence-corrected chi connectivity index (χ1v) is 7.71. The fourth-order valence-electron chi connectivity index (χ4n) is 3.62. The minimum atomic E-state index is 0.210. The summed E-state index contributed by atoms with van der Waals surface area (Å²) in [7, 11) is 2.23. The highest BCUT2D eigenvalue weighted by atomic mass is 15.1. The van der Waals surface area contributed by atoms with E-state index in [1.807, 2.05) is 0 Å². The van der Waals surface area contributed by atoms with Gasteiger partial charge in [-0.1, -0.05) is 24.3 Å². The van der Waals surface area contributed by atoms with Crippen molar-refractivity contribution in [2.24, 2.45) is 0 Å². The Morgan fingerprint density at radius 2 is 2.05 bits per heavy atom. The largest absolute Gasteiger partial charge is 0.308 e. The summed E-state index contributed by atoms with van der Waals surface area (Å²) in [6, 6.07) is 9.36. The quantitative estimate of drug-likeness (QED) is 0.877. The zero-order chi connectivity index (χ0) is 13.3. The molecule has 2 saturated heterocycles. The highest BCUT2D eigenvalue weighted by Crippen LogP contribution is 2.34. The third-order valence-electron chi connectivity index (χ3n) is 5.08. The maximum Gasteiger partial charge on any atom is 0.0406 e. The lowest BCUT2D eigenvalue weighted by molar-refractivity contribution is 0.255. The second-order valence-electron chi connectivity index (χ2n) is 6.57. The zero-order valence-corrected chi connectivity index (χ0v) is 12.3. The highest BCUT2D eigenvalue weighted by Gasteiger charge is 2.30. The van der Waals surface area contributed by atoms with Crippen molar-refractivity contribution in [1.82, 2.24) is 10.2 Å². The Labute approximate surface area is 117 Å². The number of nitrogens with zero attached hydrogens (tertiary/aromatic N) is 1. The van der Waals surface area contributed by atoms with Crippen LogP contribution in [-0.4, -0.2) is 31.6 Å². The number of benzene rings is 1. The van der Waals surface area contributed by atoms with Gasteiger partial charge in [0.05, 0.1) is 0 Å². The van der Waals surface area contributed by atoms with Crippen molar-refractivity contribution >= 4 is 0 Å². The fraction of sp³-hybridized carbons (Fsp3) is 0.647. The van der Waals surface area contributed by atoms with Crippen LogP contribution in [0.3, 0.4) is 0 Å². The van der Waals surface area contributed by atoms with Crippen LogP contribution in [0, 0.1) is 0 Å². The lowest BCUT2D eigenvalue weighted by Gasteiger charge is -2.31. The van der Waals surface area contributed by atoms with Crippen molar-refractivity contribution in [2.75, 3.05) is 26.7 Å². The molecular formula is C17H26N2. The summed E-state index contributed by atoms with van der Waals surface area (Å²) in [5.74, 6) is 0.765. The molecule has 1 atom stereocenters. The smallest absolute Gasteiger partial charge is 0.0406 e. The molecule has 0 aromatic heterocycles. The number of hydrogen-bond donors (Lipinski definition) is 1. The third-order valence-corrected chi connectivity index (χ3v) is 5.08. The molecule has 2 fully saturated rings. The maximum atomic E-state index is 3.68. The summed E-state index contributed by atoms with van der Waals surface area (Å²) in [5.41, 5.74) is 3.25. The van der Waals surface area contributed by atoms with Gasteiger partial charge in [-0.3, -0.25) is 0 Å². The van der Waals surface area contributed by atoms with Gasteiger partial charge >= 0.3 is 0 Å². The Kier molecular flexibility index (Phi) is 3.64. The SMILES string of the molecule is CN1CCC(c2cccc(C3(C)CCCN3)c2)CC1. The molecule has 1 N–H and O–H groups in total. The van der Waals surface area contributed by atoms with Crippen LogP contribution in [0.1, 0.15) is 49.7 Å². The average molecular weight is 258 g/mol. The van der Waals surface area contributed by atoms with Crippen molar-refractivity contribution in [3.8, 4) is 0 Å². The molecular weight excluding hydrogens is 232 g/mol. The molecule has 2 nitrogen and oxygen atoms in total. The van der Waals surface area contributed by atoms with Gasteiger partial charge in [-0.15, -0.1) is 0 Å². The van der Waals surface area contributed by atoms with Crippen LogP contribution >= 0.6 is 0 Å². The molecule has 3 rings (SSSR count). The molecule has 0 spiro atoms. The van der Waals surface area contributed by atoms with Gasteiger partial charge < -0.3 is 10.2 Å². The molecule has 0 aliphatic carbocycles. The molecule has 0 bridgehead atoms. The number of rotatable bonds is 2. The molecule has 1 unspecified atom stereocenters. The van der Waals surface area contributed by atoms with Gasteiger partial charge in [0, 0.05) is 5.54 Å². The fourth-order valence-corrected chi connectivity index (χ4v) is 3.62. The highest BCUT2D eigenvalue weighted by molar-refractivity contribution is 5.32. The molecule has 19 heavy (non-hydrogen) atoms. The summed E-state index contributed by atoms with van der Waals surface area (Å²) in [6.07, 6.45) is 5.19. The molecule has 1 aromatic rings. The second-order valence-corrected chi connectivity index (χ2v) is 6.57. The zero-order valence-electron chi connectivity index (χ0n) is 12.3. The summed E-state index contributed by atoms with van der Waals surface area (Å²) < 4.78 is 0. The van der Waals surface area contributed by atoms with Crippen LogP contribution in [0.25, 0.3) is 0 Å². The monoisotopic (exact) mass is 258 g/mol. The van der Waals surface area contributed by atoms with E-state index in [4.69, 9.17) is 0 Å². The van der Waals surface area contributed by atoms with Crippen molar-refractivity contribution in [1.29, 1.82) is 0 Å². The minimum Gasteiger partial charge on any atom is -0.308 e. The first-order valence-electron chi connectivity index (χ1n) is 7.71. The molecule has 2 heterocycles. The van der Waals surface area contributed by atoms with Crippen LogP contribution in [-0.2, 0) is 5.54 Å². The van der Waals surface area contributed by atoms with Crippen LogP contribution in [0.5, 0.6) is 0 Å². The lowest BCUT2D eigenvalue weighted by Crippen LogP contribution is -2.33. The van der Waals surface area contributed by atoms with E-state index in [-0.39, 0.29) is 5.54 Å². The topological polar surface area (TPSA) is 15.3 Å². The predicted octanol–water partition coefficient (Wildman–Crippen LogP) is 3.09. The maximum absolute atomic E-state index is 3.68. The summed E-state index contributed by atoms with van der Waals surface area (Å²) in [5, 5.41) is 3.68. The molecule has 0 amide bonds. The van der Waals surface area contributed by atoms with Gasteiger partial charge in [0.2, 0.25) is 0 Å². The van der Waals surface area contributed by atoms with Crippen molar-refractivity contribution in [3.63, 3.8) is 0 Å². The van der Waals surface area contributed by atoms with E-state index in [0.29, 0.717) is 0 Å². The lowest BCUT2D eigenvalue weighted by atomic mass is 9.84. The van der Waals surface area contributed by atoms with E-state index >= 15 is 0 Å². The van der Waals surface area contributed by atoms with Crippen LogP contribution in [0.2, 0.25) is 0 Å². The molecule has 1 aromatic carbocycles. The first kappa shape index (κ1) is 13.1. The van der Waals surface area contributed by atoms with E-state index in [0.717, 1.165) is 12.5 Å². The molecule has 0 radical (unpaired) electrons. The number of likely N-dealkylation sites (tertiary alicyclic amines) is 1. The van der Waals surface area contributed by atoms with Crippen molar-refractivity contribution in [3.05, 3.63) is 35.4 Å². The normalized spacial score (nSPS) is 29.8. The van der Waals surface area contributed by atoms with Crippen LogP contribution in [0.4, 0.5) is 0 Å². The molecule has 0 saturated carbocycles. The summed E-state index contributed by atoms with van der Waals surface area (Å²) in [4.78, 5) is 2.44. The average Bonchev–Trinajstić information content (AvgIpc) is 2.88. The van der Waals surface area contributed by atoms with Crippen LogP contribution < -0.4 is 5.32 Å². The van der Waals surface area contributed by atoms with Crippen molar-refractivity contribution < 1.29 is 0 Å². The van der Waals surface area contributed by atoms with E-state index < -0.39 is 0 Å². The molecule has 2 aliphatic heterocycles. The number of hydrogen-bond acceptors (Lipinski definition) is 2. The van der Waals surface area contributed by atoms with Gasteiger partial charge in [-0.05, 0) is 76.3 Å². The predicted molar refractivity (Wildman–Crippen MR) is 80.5 cm³/mol. The molecule has 2 aliphatic rings. The van der Waals surface area contributed by atoms with Crippen LogP contribution in [0.15, 0.2) is 24.3 Å². The molecule has 104 valence electrons. The minimum absolute atomic E-state index is 0.210. The molecule has 2 heteroatoms. The van der Waals surface area contributed by atoms with Gasteiger partial charge in [0.15, 0.2) is 0 Å². The van der Waals surface area contributed by atoms with E-state index in [9.17, 15) is 0 Å². The standard InChI is InChI=1S/C17H26N2/c1-17(9-4-10-18-17)16-6-3-5-15(13-16)14-7-11-19(2)12-8-14/h3,5-6,13-14,18H,4,7-12H2,1-2H3. The Bertz CT molecular complexity index is 427. The summed E-state index contributed by atoms with van der Waals surface area (Å²) >= 11 is 0. The van der Waals surface area contributed by atoms with E-state index in [1.54, 1.807) is 5.56 Å². The Morgan fingerprint density at radius 3 is 2.74 bits per heavy atom. The van der Waals surface area contributed by atoms with Gasteiger partial charge in [-0.2, -0.15) is 0 Å². The number of piperidine rings is 1.